The number of aromatic nitrogens is 2. The highest BCUT2D eigenvalue weighted by atomic mass is 15.3. The second-order valence-corrected chi connectivity index (χ2v) is 5.36. The zero-order chi connectivity index (χ0) is 14.5. The van der Waals surface area contributed by atoms with Gasteiger partial charge in [-0.05, 0) is 50.4 Å². The minimum Gasteiger partial charge on any atom is -0.306 e. The molecule has 1 atom stereocenters. The summed E-state index contributed by atoms with van der Waals surface area (Å²) >= 11 is 0. The smallest absolute Gasteiger partial charge is 0.0608 e. The molecule has 0 amide bonds. The highest BCUT2D eigenvalue weighted by Gasteiger charge is 2.15. The Balaban J connectivity index is 2.32. The van der Waals surface area contributed by atoms with E-state index in [9.17, 15) is 0 Å². The first kappa shape index (κ1) is 14.8. The van der Waals surface area contributed by atoms with E-state index in [0.717, 1.165) is 19.5 Å². The molecule has 1 unspecified atom stereocenters. The van der Waals surface area contributed by atoms with Gasteiger partial charge >= 0.3 is 0 Å². The summed E-state index contributed by atoms with van der Waals surface area (Å²) in [6.45, 7) is 10.6. The number of hydrogen-bond donors (Lipinski definition) is 1. The van der Waals surface area contributed by atoms with E-state index in [1.165, 1.54) is 22.3 Å². The average molecular weight is 271 g/mol. The minimum absolute atomic E-state index is 0.231. The van der Waals surface area contributed by atoms with Crippen LogP contribution < -0.4 is 5.32 Å². The van der Waals surface area contributed by atoms with Gasteiger partial charge in [-0.15, -0.1) is 0 Å². The molecule has 1 aromatic carbocycles. The van der Waals surface area contributed by atoms with Gasteiger partial charge in [0, 0.05) is 18.3 Å². The van der Waals surface area contributed by atoms with Crippen LogP contribution in [0.5, 0.6) is 0 Å². The summed E-state index contributed by atoms with van der Waals surface area (Å²) < 4.78 is 1.98. The second-order valence-electron chi connectivity index (χ2n) is 5.36. The molecule has 1 aromatic heterocycles. The molecule has 2 rings (SSSR count). The third-order valence-corrected chi connectivity index (χ3v) is 3.77. The molecular formula is C17H25N3. The van der Waals surface area contributed by atoms with Crippen molar-refractivity contribution in [3.05, 3.63) is 52.8 Å². The normalized spacial score (nSPS) is 12.6. The molecular weight excluding hydrogens is 246 g/mol. The van der Waals surface area contributed by atoms with Crippen LogP contribution >= 0.6 is 0 Å². The topological polar surface area (TPSA) is 29.9 Å². The van der Waals surface area contributed by atoms with Crippen molar-refractivity contribution < 1.29 is 0 Å². The molecule has 2 aromatic rings. The van der Waals surface area contributed by atoms with Crippen LogP contribution in [0.25, 0.3) is 0 Å². The van der Waals surface area contributed by atoms with Crippen LogP contribution in [0, 0.1) is 13.8 Å². The first-order valence-electron chi connectivity index (χ1n) is 7.48. The number of nitrogens with zero attached hydrogens (tertiary/aromatic N) is 2. The Morgan fingerprint density at radius 3 is 2.55 bits per heavy atom. The quantitative estimate of drug-likeness (QED) is 0.870. The average Bonchev–Trinajstić information content (AvgIpc) is 2.92. The lowest BCUT2D eigenvalue weighted by Gasteiger charge is -2.19. The van der Waals surface area contributed by atoms with E-state index < -0.39 is 0 Å². The highest BCUT2D eigenvalue weighted by Crippen LogP contribution is 2.23. The zero-order valence-corrected chi connectivity index (χ0v) is 13.0. The van der Waals surface area contributed by atoms with Crippen LogP contribution in [0.2, 0.25) is 0 Å². The molecule has 108 valence electrons. The summed E-state index contributed by atoms with van der Waals surface area (Å²) in [5.74, 6) is 0. The van der Waals surface area contributed by atoms with Crippen molar-refractivity contribution in [2.75, 3.05) is 6.54 Å². The summed E-state index contributed by atoms with van der Waals surface area (Å²) in [5, 5.41) is 8.04. The molecule has 1 heterocycles. The fraction of sp³-hybridized carbons (Fsp3) is 0.471. The maximum atomic E-state index is 4.41. The van der Waals surface area contributed by atoms with E-state index in [1.807, 2.05) is 10.9 Å². The molecule has 20 heavy (non-hydrogen) atoms. The van der Waals surface area contributed by atoms with E-state index in [-0.39, 0.29) is 6.04 Å². The summed E-state index contributed by atoms with van der Waals surface area (Å²) in [4.78, 5) is 0. The molecule has 0 aliphatic carbocycles. The molecule has 0 saturated carbocycles. The van der Waals surface area contributed by atoms with Crippen LogP contribution in [0.3, 0.4) is 0 Å². The Morgan fingerprint density at radius 1 is 1.15 bits per heavy atom. The Morgan fingerprint density at radius 2 is 1.95 bits per heavy atom. The van der Waals surface area contributed by atoms with E-state index >= 15 is 0 Å². The predicted octanol–water partition coefficient (Wildman–Crippen LogP) is 3.61. The van der Waals surface area contributed by atoms with Crippen molar-refractivity contribution in [2.45, 2.75) is 46.7 Å². The molecule has 0 saturated heterocycles. The van der Waals surface area contributed by atoms with Gasteiger partial charge in [-0.1, -0.05) is 25.1 Å². The van der Waals surface area contributed by atoms with E-state index in [1.54, 1.807) is 0 Å². The Bertz CT molecular complexity index is 557. The maximum Gasteiger partial charge on any atom is 0.0608 e. The standard InChI is InChI=1S/C17H25N3/c1-5-9-18-17(16-11-19-20(6-2)12-16)15-8-7-13(3)14(4)10-15/h7-8,10-12,17-18H,5-6,9H2,1-4H3. The minimum atomic E-state index is 0.231. The summed E-state index contributed by atoms with van der Waals surface area (Å²) in [7, 11) is 0. The molecule has 0 bridgehead atoms. The summed E-state index contributed by atoms with van der Waals surface area (Å²) in [5.41, 5.74) is 5.24. The van der Waals surface area contributed by atoms with Gasteiger partial charge in [0.05, 0.1) is 12.2 Å². The van der Waals surface area contributed by atoms with Crippen LogP contribution in [0.15, 0.2) is 30.6 Å². The van der Waals surface area contributed by atoms with Gasteiger partial charge in [-0.2, -0.15) is 5.10 Å². The van der Waals surface area contributed by atoms with E-state index in [0.29, 0.717) is 0 Å². The largest absolute Gasteiger partial charge is 0.306 e. The molecule has 1 N–H and O–H groups in total. The third kappa shape index (κ3) is 3.28. The van der Waals surface area contributed by atoms with Crippen molar-refractivity contribution in [3.63, 3.8) is 0 Å². The Hall–Kier alpha value is -1.61. The lowest BCUT2D eigenvalue weighted by Crippen LogP contribution is -2.23. The van der Waals surface area contributed by atoms with Gasteiger partial charge in [0.25, 0.3) is 0 Å². The van der Waals surface area contributed by atoms with Gasteiger partial charge in [0.15, 0.2) is 0 Å². The number of hydrogen-bond acceptors (Lipinski definition) is 2. The third-order valence-electron chi connectivity index (χ3n) is 3.77. The molecule has 3 nitrogen and oxygen atoms in total. The fourth-order valence-electron chi connectivity index (χ4n) is 2.36. The van der Waals surface area contributed by atoms with Gasteiger partial charge in [-0.3, -0.25) is 4.68 Å². The maximum absolute atomic E-state index is 4.41. The van der Waals surface area contributed by atoms with Crippen LogP contribution in [0.4, 0.5) is 0 Å². The lowest BCUT2D eigenvalue weighted by atomic mass is 9.97. The molecule has 0 aliphatic heterocycles. The van der Waals surface area contributed by atoms with Crippen molar-refractivity contribution in [1.29, 1.82) is 0 Å². The monoisotopic (exact) mass is 271 g/mol. The second kappa shape index (κ2) is 6.71. The van der Waals surface area contributed by atoms with Crippen molar-refractivity contribution >= 4 is 0 Å². The number of aryl methyl sites for hydroxylation is 3. The van der Waals surface area contributed by atoms with Crippen molar-refractivity contribution in [3.8, 4) is 0 Å². The van der Waals surface area contributed by atoms with Crippen LogP contribution in [-0.2, 0) is 6.54 Å². The molecule has 0 radical (unpaired) electrons. The van der Waals surface area contributed by atoms with Crippen LogP contribution in [-0.4, -0.2) is 16.3 Å². The van der Waals surface area contributed by atoms with E-state index in [4.69, 9.17) is 0 Å². The molecule has 3 heteroatoms. The Kier molecular flexibility index (Phi) is 4.96. The first-order valence-corrected chi connectivity index (χ1v) is 7.48. The summed E-state index contributed by atoms with van der Waals surface area (Å²) in [6, 6.07) is 6.94. The first-order chi connectivity index (χ1) is 9.65. The van der Waals surface area contributed by atoms with E-state index in [2.05, 4.69) is 62.5 Å². The number of rotatable bonds is 6. The van der Waals surface area contributed by atoms with Crippen molar-refractivity contribution in [2.24, 2.45) is 0 Å². The van der Waals surface area contributed by atoms with Gasteiger partial charge in [-0.25, -0.2) is 0 Å². The molecule has 0 aliphatic rings. The molecule has 0 spiro atoms. The number of nitrogens with one attached hydrogen (secondary N) is 1. The van der Waals surface area contributed by atoms with Crippen LogP contribution in [0.1, 0.15) is 48.6 Å². The highest BCUT2D eigenvalue weighted by molar-refractivity contribution is 5.36. The fourth-order valence-corrected chi connectivity index (χ4v) is 2.36. The SMILES string of the molecule is CCCNC(c1ccc(C)c(C)c1)c1cnn(CC)c1. The summed E-state index contributed by atoms with van der Waals surface area (Å²) in [6.07, 6.45) is 5.25. The molecule has 0 fully saturated rings. The number of benzene rings is 1. The zero-order valence-electron chi connectivity index (χ0n) is 13.0. The van der Waals surface area contributed by atoms with Gasteiger partial charge in [0.2, 0.25) is 0 Å². The lowest BCUT2D eigenvalue weighted by molar-refractivity contribution is 0.596. The Labute approximate surface area is 122 Å². The van der Waals surface area contributed by atoms with Gasteiger partial charge in [0.1, 0.15) is 0 Å². The van der Waals surface area contributed by atoms with Gasteiger partial charge < -0.3 is 5.32 Å². The predicted molar refractivity (Wildman–Crippen MR) is 84.0 cm³/mol. The van der Waals surface area contributed by atoms with Crippen molar-refractivity contribution in [1.82, 2.24) is 15.1 Å².